The summed E-state index contributed by atoms with van der Waals surface area (Å²) in [5.41, 5.74) is 1.78. The van der Waals surface area contributed by atoms with E-state index in [1.807, 2.05) is 46.1 Å². The van der Waals surface area contributed by atoms with Crippen molar-refractivity contribution in [3.63, 3.8) is 0 Å². The number of aryl methyl sites for hydroxylation is 1. The molecule has 0 aliphatic carbocycles. The second-order valence-electron chi connectivity index (χ2n) is 9.44. The molecule has 1 N–H and O–H groups in total. The monoisotopic (exact) mass is 423 g/mol. The molecule has 3 nitrogen and oxygen atoms in total. The number of hydrogen-bond donors (Lipinski definition) is 1. The van der Waals surface area contributed by atoms with Gasteiger partial charge < -0.3 is 9.67 Å². The van der Waals surface area contributed by atoms with Gasteiger partial charge in [-0.3, -0.25) is 4.79 Å². The number of ketones is 1. The Balaban J connectivity index is 2.63. The number of halogens is 2. The van der Waals surface area contributed by atoms with Crippen LogP contribution in [0, 0.1) is 0 Å². The Labute approximate surface area is 178 Å². The number of benzene rings is 1. The standard InChI is InChI=1S/C23H31Cl2NO2/c1-8-9-10-26-13-15(18(24)21(26)25)19(27)14-11-16(22(2,3)4)20(28)17(12-14)23(5,6)7/h11-13,28H,8-10H2,1-7H3. The van der Waals surface area contributed by atoms with E-state index in [0.29, 0.717) is 16.3 Å². The highest BCUT2D eigenvalue weighted by atomic mass is 35.5. The molecule has 5 heteroatoms. The van der Waals surface area contributed by atoms with Gasteiger partial charge in [-0.05, 0) is 29.4 Å². The predicted molar refractivity (Wildman–Crippen MR) is 118 cm³/mol. The summed E-state index contributed by atoms with van der Waals surface area (Å²) >= 11 is 12.8. The number of aromatic nitrogens is 1. The summed E-state index contributed by atoms with van der Waals surface area (Å²) < 4.78 is 1.83. The number of carbonyl (C=O) groups excluding carboxylic acids is 1. The lowest BCUT2D eigenvalue weighted by atomic mass is 9.78. The Kier molecular flexibility index (Phi) is 6.62. The first-order valence-electron chi connectivity index (χ1n) is 9.75. The second-order valence-corrected chi connectivity index (χ2v) is 10.2. The number of phenols is 1. The number of phenolic OH excluding ortho intramolecular Hbond substituents is 1. The third-order valence-electron chi connectivity index (χ3n) is 4.94. The zero-order valence-electron chi connectivity index (χ0n) is 17.9. The molecule has 0 amide bonds. The molecule has 1 heterocycles. The van der Waals surface area contributed by atoms with Crippen LogP contribution in [0.2, 0.25) is 10.2 Å². The summed E-state index contributed by atoms with van der Waals surface area (Å²) in [4.78, 5) is 13.3. The molecule has 1 aromatic heterocycles. The van der Waals surface area contributed by atoms with E-state index in [2.05, 4.69) is 6.92 Å². The van der Waals surface area contributed by atoms with Crippen molar-refractivity contribution >= 4 is 29.0 Å². The molecule has 154 valence electrons. The lowest BCUT2D eigenvalue weighted by Gasteiger charge is -2.28. The number of carbonyl (C=O) groups is 1. The van der Waals surface area contributed by atoms with Crippen molar-refractivity contribution in [2.45, 2.75) is 78.7 Å². The average molecular weight is 424 g/mol. The molecule has 0 atom stereocenters. The van der Waals surface area contributed by atoms with Crippen molar-refractivity contribution in [3.05, 3.63) is 50.8 Å². The van der Waals surface area contributed by atoms with Gasteiger partial charge in [0.2, 0.25) is 0 Å². The van der Waals surface area contributed by atoms with E-state index < -0.39 is 0 Å². The number of nitrogens with zero attached hydrogens (tertiary/aromatic N) is 1. The van der Waals surface area contributed by atoms with E-state index in [-0.39, 0.29) is 27.4 Å². The number of aromatic hydroxyl groups is 1. The SMILES string of the molecule is CCCCn1cc(C(=O)c2cc(C(C)(C)C)c(O)c(C(C)(C)C)c2)c(Cl)c1Cl. The fraction of sp³-hybridized carbons (Fsp3) is 0.522. The minimum Gasteiger partial charge on any atom is -0.507 e. The molecule has 0 saturated heterocycles. The summed E-state index contributed by atoms with van der Waals surface area (Å²) in [6, 6.07) is 3.56. The van der Waals surface area contributed by atoms with E-state index in [0.717, 1.165) is 30.5 Å². The Morgan fingerprint density at radius 3 is 1.96 bits per heavy atom. The first-order valence-corrected chi connectivity index (χ1v) is 10.5. The molecular formula is C23H31Cl2NO2. The molecule has 0 bridgehead atoms. The summed E-state index contributed by atoms with van der Waals surface area (Å²) in [6.45, 7) is 15.0. The zero-order valence-corrected chi connectivity index (χ0v) is 19.4. The first kappa shape index (κ1) is 22.8. The van der Waals surface area contributed by atoms with Gasteiger partial charge in [-0.15, -0.1) is 0 Å². The largest absolute Gasteiger partial charge is 0.507 e. The summed E-state index contributed by atoms with van der Waals surface area (Å²) in [7, 11) is 0. The van der Waals surface area contributed by atoms with E-state index in [1.54, 1.807) is 18.3 Å². The smallest absolute Gasteiger partial charge is 0.196 e. The molecular weight excluding hydrogens is 393 g/mol. The third-order valence-corrected chi connectivity index (χ3v) is 5.83. The fourth-order valence-electron chi connectivity index (χ4n) is 3.22. The van der Waals surface area contributed by atoms with Crippen LogP contribution in [0.1, 0.15) is 88.4 Å². The van der Waals surface area contributed by atoms with Gasteiger partial charge in [-0.25, -0.2) is 0 Å². The molecule has 28 heavy (non-hydrogen) atoms. The maximum Gasteiger partial charge on any atom is 0.196 e. The van der Waals surface area contributed by atoms with Crippen molar-refractivity contribution in [3.8, 4) is 5.75 Å². The Hall–Kier alpha value is -1.45. The molecule has 0 aliphatic rings. The van der Waals surface area contributed by atoms with Crippen LogP contribution in [0.15, 0.2) is 18.3 Å². The molecule has 2 rings (SSSR count). The molecule has 0 spiro atoms. The normalized spacial score (nSPS) is 12.5. The van der Waals surface area contributed by atoms with Crippen LogP contribution < -0.4 is 0 Å². The van der Waals surface area contributed by atoms with Gasteiger partial charge in [0.15, 0.2) is 5.78 Å². The Bertz CT molecular complexity index is 848. The predicted octanol–water partition coefficient (Wildman–Crippen LogP) is 7.13. The van der Waals surface area contributed by atoms with Crippen LogP contribution in [0.25, 0.3) is 0 Å². The van der Waals surface area contributed by atoms with Gasteiger partial charge in [0, 0.05) is 29.4 Å². The fourth-order valence-corrected chi connectivity index (χ4v) is 3.70. The van der Waals surface area contributed by atoms with Gasteiger partial charge in [0.25, 0.3) is 0 Å². The van der Waals surface area contributed by atoms with Crippen molar-refractivity contribution in [1.82, 2.24) is 4.57 Å². The highest BCUT2D eigenvalue weighted by Crippen LogP contribution is 2.40. The van der Waals surface area contributed by atoms with E-state index in [9.17, 15) is 9.90 Å². The second kappa shape index (κ2) is 8.12. The van der Waals surface area contributed by atoms with Gasteiger partial charge in [0.05, 0.1) is 10.6 Å². The van der Waals surface area contributed by atoms with E-state index in [4.69, 9.17) is 23.2 Å². The van der Waals surface area contributed by atoms with Crippen LogP contribution in [-0.4, -0.2) is 15.5 Å². The maximum atomic E-state index is 13.3. The van der Waals surface area contributed by atoms with Gasteiger partial charge in [-0.2, -0.15) is 0 Å². The minimum atomic E-state index is -0.311. The topological polar surface area (TPSA) is 42.2 Å². The maximum absolute atomic E-state index is 13.3. The van der Waals surface area contributed by atoms with Crippen molar-refractivity contribution in [2.75, 3.05) is 0 Å². The molecule has 0 aliphatic heterocycles. The third kappa shape index (κ3) is 4.58. The lowest BCUT2D eigenvalue weighted by Crippen LogP contribution is -2.19. The van der Waals surface area contributed by atoms with Crippen LogP contribution >= 0.6 is 23.2 Å². The number of rotatable bonds is 5. The summed E-state index contributed by atoms with van der Waals surface area (Å²) in [5, 5.41) is 11.5. The molecule has 0 fully saturated rings. The van der Waals surface area contributed by atoms with Gasteiger partial charge in [-0.1, -0.05) is 78.1 Å². The van der Waals surface area contributed by atoms with Crippen LogP contribution in [0.5, 0.6) is 5.75 Å². The zero-order chi connectivity index (χ0) is 21.4. The van der Waals surface area contributed by atoms with Crippen LogP contribution in [-0.2, 0) is 17.4 Å². The molecule has 0 unspecified atom stereocenters. The van der Waals surface area contributed by atoms with Gasteiger partial charge >= 0.3 is 0 Å². The van der Waals surface area contributed by atoms with Gasteiger partial charge in [0.1, 0.15) is 10.9 Å². The van der Waals surface area contributed by atoms with Crippen LogP contribution in [0.3, 0.4) is 0 Å². The average Bonchev–Trinajstić information content (AvgIpc) is 2.85. The number of hydrogen-bond acceptors (Lipinski definition) is 2. The molecule has 2 aromatic rings. The Morgan fingerprint density at radius 1 is 1.04 bits per heavy atom. The number of unbranched alkanes of at least 4 members (excludes halogenated alkanes) is 1. The van der Waals surface area contributed by atoms with E-state index in [1.165, 1.54) is 0 Å². The minimum absolute atomic E-state index is 0.182. The van der Waals surface area contributed by atoms with E-state index >= 15 is 0 Å². The Morgan fingerprint density at radius 2 is 1.54 bits per heavy atom. The molecule has 0 saturated carbocycles. The first-order chi connectivity index (χ1) is 12.8. The highest BCUT2D eigenvalue weighted by Gasteiger charge is 2.29. The lowest BCUT2D eigenvalue weighted by molar-refractivity contribution is 0.103. The van der Waals surface area contributed by atoms with Crippen molar-refractivity contribution in [1.29, 1.82) is 0 Å². The summed E-state index contributed by atoms with van der Waals surface area (Å²) in [6.07, 6.45) is 3.72. The highest BCUT2D eigenvalue weighted by molar-refractivity contribution is 6.44. The van der Waals surface area contributed by atoms with Crippen LogP contribution in [0.4, 0.5) is 0 Å². The summed E-state index contributed by atoms with van der Waals surface area (Å²) in [5.74, 6) is 0.0688. The van der Waals surface area contributed by atoms with Crippen molar-refractivity contribution < 1.29 is 9.90 Å². The quantitative estimate of drug-likeness (QED) is 0.519. The van der Waals surface area contributed by atoms with Crippen molar-refractivity contribution in [2.24, 2.45) is 0 Å². The molecule has 0 radical (unpaired) electrons. The molecule has 1 aromatic carbocycles.